The Morgan fingerprint density at radius 1 is 1.13 bits per heavy atom. The number of hydrogen-bond acceptors (Lipinski definition) is 6. The fraction of sp³-hybridized carbons (Fsp3) is 0.636. The summed E-state index contributed by atoms with van der Waals surface area (Å²) in [6.45, 7) is 2.69. The molecule has 0 heterocycles. The summed E-state index contributed by atoms with van der Waals surface area (Å²) in [6.07, 6.45) is 2.94. The summed E-state index contributed by atoms with van der Waals surface area (Å²) in [7, 11) is 0. The molecule has 0 aromatic heterocycles. The lowest BCUT2D eigenvalue weighted by Gasteiger charge is -2.28. The van der Waals surface area contributed by atoms with Gasteiger partial charge < -0.3 is 19.9 Å². The molecule has 8 nitrogen and oxygen atoms in total. The summed E-state index contributed by atoms with van der Waals surface area (Å²) in [5.41, 5.74) is 2.71. The van der Waals surface area contributed by atoms with E-state index in [2.05, 4.69) is 5.32 Å². The topological polar surface area (TPSA) is 117 Å². The van der Waals surface area contributed by atoms with Crippen molar-refractivity contribution in [3.05, 3.63) is 35.9 Å². The van der Waals surface area contributed by atoms with E-state index in [1.165, 1.54) is 0 Å². The highest BCUT2D eigenvalue weighted by atomic mass is 16.7. The molecule has 0 aliphatic heterocycles. The Bertz CT molecular complexity index is 634. The molecule has 2 atom stereocenters. The molecule has 1 aromatic rings. The number of carbonyl (C=O) groups excluding carboxylic acids is 2. The third-order valence-corrected chi connectivity index (χ3v) is 5.48. The standard InChI is InChI=1S/C22H34N2O6/c1-2-29-15-30-14-19(23-21(26)17-8-10-20(25)11-9-17)13-18(22(27)24-28)12-16-6-4-3-5-7-16/h3-7,17-20,25,28H,2,8-15H2,1H3,(H,23,26)(H,24,27). The predicted molar refractivity (Wildman–Crippen MR) is 111 cm³/mol. The van der Waals surface area contributed by atoms with Crippen LogP contribution in [0.15, 0.2) is 30.3 Å². The van der Waals surface area contributed by atoms with Crippen molar-refractivity contribution in [2.24, 2.45) is 11.8 Å². The smallest absolute Gasteiger partial charge is 0.246 e. The van der Waals surface area contributed by atoms with Gasteiger partial charge in [-0.15, -0.1) is 0 Å². The van der Waals surface area contributed by atoms with E-state index in [0.29, 0.717) is 45.1 Å². The van der Waals surface area contributed by atoms with Crippen molar-refractivity contribution in [3.8, 4) is 0 Å². The van der Waals surface area contributed by atoms with Gasteiger partial charge in [-0.2, -0.15) is 0 Å². The maximum atomic E-state index is 12.8. The first kappa shape index (κ1) is 24.3. The van der Waals surface area contributed by atoms with Crippen LogP contribution in [0.25, 0.3) is 0 Å². The SMILES string of the molecule is CCOCOCC(CC(Cc1ccccc1)C(=O)NO)NC(=O)C1CCC(O)CC1. The van der Waals surface area contributed by atoms with Gasteiger partial charge in [0.2, 0.25) is 11.8 Å². The van der Waals surface area contributed by atoms with Gasteiger partial charge in [-0.1, -0.05) is 30.3 Å². The number of hydroxylamine groups is 1. The third-order valence-electron chi connectivity index (χ3n) is 5.48. The van der Waals surface area contributed by atoms with Crippen LogP contribution in [0.2, 0.25) is 0 Å². The van der Waals surface area contributed by atoms with E-state index >= 15 is 0 Å². The molecule has 1 saturated carbocycles. The Kier molecular flexibility index (Phi) is 10.8. The molecule has 30 heavy (non-hydrogen) atoms. The molecule has 1 fully saturated rings. The van der Waals surface area contributed by atoms with Crippen molar-refractivity contribution in [1.82, 2.24) is 10.8 Å². The number of aliphatic hydroxyl groups excluding tert-OH is 1. The average Bonchev–Trinajstić information content (AvgIpc) is 2.76. The highest BCUT2D eigenvalue weighted by Gasteiger charge is 2.29. The molecule has 168 valence electrons. The number of aliphatic hydroxyl groups is 1. The van der Waals surface area contributed by atoms with Crippen LogP contribution in [0.1, 0.15) is 44.6 Å². The van der Waals surface area contributed by atoms with Gasteiger partial charge in [-0.3, -0.25) is 14.8 Å². The summed E-state index contributed by atoms with van der Waals surface area (Å²) in [5, 5.41) is 21.9. The summed E-state index contributed by atoms with van der Waals surface area (Å²) in [6, 6.07) is 9.12. The van der Waals surface area contributed by atoms with Crippen LogP contribution in [0.3, 0.4) is 0 Å². The van der Waals surface area contributed by atoms with Crippen LogP contribution < -0.4 is 10.8 Å². The fourth-order valence-electron chi connectivity index (χ4n) is 3.77. The summed E-state index contributed by atoms with van der Waals surface area (Å²) < 4.78 is 10.7. The third kappa shape index (κ3) is 8.39. The predicted octanol–water partition coefficient (Wildman–Crippen LogP) is 1.79. The van der Waals surface area contributed by atoms with E-state index < -0.39 is 17.9 Å². The minimum Gasteiger partial charge on any atom is -0.393 e. The first-order valence-corrected chi connectivity index (χ1v) is 10.6. The maximum absolute atomic E-state index is 12.8. The number of ether oxygens (including phenoxy) is 2. The second kappa shape index (κ2) is 13.3. The average molecular weight is 423 g/mol. The molecule has 0 bridgehead atoms. The Morgan fingerprint density at radius 2 is 1.83 bits per heavy atom. The van der Waals surface area contributed by atoms with Gasteiger partial charge in [0.05, 0.1) is 18.8 Å². The second-order valence-corrected chi connectivity index (χ2v) is 7.79. The molecule has 2 amide bonds. The van der Waals surface area contributed by atoms with Crippen LogP contribution in [0.5, 0.6) is 0 Å². The number of rotatable bonds is 12. The van der Waals surface area contributed by atoms with Crippen molar-refractivity contribution < 1.29 is 29.4 Å². The quantitative estimate of drug-likeness (QED) is 0.177. The largest absolute Gasteiger partial charge is 0.393 e. The fourth-order valence-corrected chi connectivity index (χ4v) is 3.77. The van der Waals surface area contributed by atoms with Gasteiger partial charge in [0, 0.05) is 18.4 Å². The molecule has 0 radical (unpaired) electrons. The van der Waals surface area contributed by atoms with Gasteiger partial charge >= 0.3 is 0 Å². The zero-order valence-corrected chi connectivity index (χ0v) is 17.6. The Balaban J connectivity index is 2.02. The van der Waals surface area contributed by atoms with Crippen molar-refractivity contribution in [2.45, 2.75) is 57.6 Å². The zero-order valence-electron chi connectivity index (χ0n) is 17.6. The zero-order chi connectivity index (χ0) is 21.8. The van der Waals surface area contributed by atoms with Gasteiger partial charge in [0.25, 0.3) is 0 Å². The van der Waals surface area contributed by atoms with Crippen molar-refractivity contribution in [3.63, 3.8) is 0 Å². The van der Waals surface area contributed by atoms with E-state index in [-0.39, 0.29) is 31.3 Å². The first-order valence-electron chi connectivity index (χ1n) is 10.6. The van der Waals surface area contributed by atoms with Gasteiger partial charge in [-0.25, -0.2) is 5.48 Å². The number of hydrogen-bond donors (Lipinski definition) is 4. The lowest BCUT2D eigenvalue weighted by atomic mass is 9.86. The minimum atomic E-state index is -0.536. The Hall–Kier alpha value is -2.00. The summed E-state index contributed by atoms with van der Waals surface area (Å²) >= 11 is 0. The van der Waals surface area contributed by atoms with E-state index in [1.807, 2.05) is 37.3 Å². The Labute approximate surface area is 177 Å². The summed E-state index contributed by atoms with van der Waals surface area (Å²) in [5.74, 6) is -1.27. The van der Waals surface area contributed by atoms with Crippen LogP contribution >= 0.6 is 0 Å². The van der Waals surface area contributed by atoms with Crippen molar-refractivity contribution >= 4 is 11.8 Å². The minimum absolute atomic E-state index is 0.0882. The van der Waals surface area contributed by atoms with Crippen LogP contribution in [0.4, 0.5) is 0 Å². The summed E-state index contributed by atoms with van der Waals surface area (Å²) in [4.78, 5) is 25.0. The molecule has 2 unspecified atom stereocenters. The van der Waals surface area contributed by atoms with Crippen molar-refractivity contribution in [2.75, 3.05) is 20.0 Å². The van der Waals surface area contributed by atoms with E-state index in [4.69, 9.17) is 9.47 Å². The van der Waals surface area contributed by atoms with Crippen LogP contribution in [0, 0.1) is 11.8 Å². The van der Waals surface area contributed by atoms with Gasteiger partial charge in [0.1, 0.15) is 6.79 Å². The molecule has 4 N–H and O–H groups in total. The van der Waals surface area contributed by atoms with E-state index in [0.717, 1.165) is 5.56 Å². The van der Waals surface area contributed by atoms with Gasteiger partial charge in [-0.05, 0) is 51.0 Å². The number of benzene rings is 1. The molecule has 8 heteroatoms. The second-order valence-electron chi connectivity index (χ2n) is 7.79. The molecule has 1 aliphatic rings. The van der Waals surface area contributed by atoms with E-state index in [9.17, 15) is 19.9 Å². The monoisotopic (exact) mass is 422 g/mol. The van der Waals surface area contributed by atoms with Gasteiger partial charge in [0.15, 0.2) is 0 Å². The van der Waals surface area contributed by atoms with Crippen LogP contribution in [-0.4, -0.2) is 54.3 Å². The highest BCUT2D eigenvalue weighted by molar-refractivity contribution is 5.80. The van der Waals surface area contributed by atoms with E-state index in [1.54, 1.807) is 5.48 Å². The normalized spacial score (nSPS) is 20.9. The molecular weight excluding hydrogens is 388 g/mol. The molecule has 1 aliphatic carbocycles. The molecule has 2 rings (SSSR count). The lowest BCUT2D eigenvalue weighted by molar-refractivity contribution is -0.135. The lowest BCUT2D eigenvalue weighted by Crippen LogP contribution is -2.45. The number of amides is 2. The molecule has 0 spiro atoms. The highest BCUT2D eigenvalue weighted by Crippen LogP contribution is 2.25. The maximum Gasteiger partial charge on any atom is 0.246 e. The Morgan fingerprint density at radius 3 is 2.47 bits per heavy atom. The van der Waals surface area contributed by atoms with Crippen molar-refractivity contribution in [1.29, 1.82) is 0 Å². The molecule has 1 aromatic carbocycles. The molecular formula is C22H34N2O6. The molecule has 0 saturated heterocycles. The number of carbonyl (C=O) groups is 2. The number of nitrogens with one attached hydrogen (secondary N) is 2. The first-order chi connectivity index (χ1) is 14.5. The van der Waals surface area contributed by atoms with Crippen LogP contribution in [-0.2, 0) is 25.5 Å².